The number of hydrogen-bond donors (Lipinski definition) is 2. The van der Waals surface area contributed by atoms with E-state index in [1.165, 1.54) is 12.1 Å². The van der Waals surface area contributed by atoms with E-state index in [1.54, 1.807) is 24.4 Å². The summed E-state index contributed by atoms with van der Waals surface area (Å²) in [6, 6.07) is 8.10. The molecule has 2 rings (SSSR count). The quantitative estimate of drug-likeness (QED) is 0.697. The number of hydrogen-bond acceptors (Lipinski definition) is 3. The molecule has 3 nitrogen and oxygen atoms in total. The van der Waals surface area contributed by atoms with Crippen LogP contribution in [0.1, 0.15) is 0 Å². The number of anilines is 2. The van der Waals surface area contributed by atoms with Crippen LogP contribution in [0.25, 0.3) is 11.1 Å². The van der Waals surface area contributed by atoms with Gasteiger partial charge in [-0.3, -0.25) is 0 Å². The van der Waals surface area contributed by atoms with E-state index in [0.717, 1.165) is 11.1 Å². The molecule has 1 heterocycles. The summed E-state index contributed by atoms with van der Waals surface area (Å²) in [5.74, 6) is 0.0130. The van der Waals surface area contributed by atoms with Crippen molar-refractivity contribution in [3.63, 3.8) is 0 Å². The SMILES string of the molecule is Nc1ccc(-c2ccc(N)c(F)c2)cn1. The largest absolute Gasteiger partial charge is 0.396 e. The van der Waals surface area contributed by atoms with Gasteiger partial charge in [-0.25, -0.2) is 9.37 Å². The first-order valence-electron chi connectivity index (χ1n) is 4.44. The molecule has 15 heavy (non-hydrogen) atoms. The summed E-state index contributed by atoms with van der Waals surface area (Å²) in [5, 5.41) is 0. The van der Waals surface area contributed by atoms with Gasteiger partial charge in [0.15, 0.2) is 0 Å². The molecule has 0 spiro atoms. The van der Waals surface area contributed by atoms with E-state index in [-0.39, 0.29) is 5.69 Å². The van der Waals surface area contributed by atoms with E-state index < -0.39 is 5.82 Å². The van der Waals surface area contributed by atoms with Crippen molar-refractivity contribution in [2.45, 2.75) is 0 Å². The van der Waals surface area contributed by atoms with Gasteiger partial charge in [-0.05, 0) is 29.8 Å². The van der Waals surface area contributed by atoms with Crippen LogP contribution in [0, 0.1) is 5.82 Å². The zero-order valence-corrected chi connectivity index (χ0v) is 7.94. The lowest BCUT2D eigenvalue weighted by molar-refractivity contribution is 0.633. The molecule has 0 atom stereocenters. The maximum absolute atomic E-state index is 13.2. The molecule has 0 saturated carbocycles. The number of halogens is 1. The van der Waals surface area contributed by atoms with Gasteiger partial charge in [0.1, 0.15) is 11.6 Å². The fourth-order valence-electron chi connectivity index (χ4n) is 1.28. The number of nitrogens with zero attached hydrogens (tertiary/aromatic N) is 1. The van der Waals surface area contributed by atoms with Crippen molar-refractivity contribution in [3.8, 4) is 11.1 Å². The molecule has 0 aliphatic heterocycles. The Morgan fingerprint density at radius 3 is 2.33 bits per heavy atom. The number of aromatic nitrogens is 1. The Hall–Kier alpha value is -2.10. The zero-order valence-electron chi connectivity index (χ0n) is 7.94. The third kappa shape index (κ3) is 1.88. The average molecular weight is 203 g/mol. The standard InChI is InChI=1S/C11H10FN3/c12-9-5-7(1-3-10(9)13)8-2-4-11(14)15-6-8/h1-6H,13H2,(H2,14,15). The molecule has 76 valence electrons. The van der Waals surface area contributed by atoms with E-state index in [4.69, 9.17) is 11.5 Å². The summed E-state index contributed by atoms with van der Waals surface area (Å²) in [7, 11) is 0. The van der Waals surface area contributed by atoms with Gasteiger partial charge in [0.05, 0.1) is 5.69 Å². The lowest BCUT2D eigenvalue weighted by atomic mass is 10.1. The highest BCUT2D eigenvalue weighted by Gasteiger charge is 2.02. The maximum atomic E-state index is 13.2. The maximum Gasteiger partial charge on any atom is 0.146 e. The molecule has 0 unspecified atom stereocenters. The summed E-state index contributed by atoms with van der Waals surface area (Å²) in [5.41, 5.74) is 12.5. The first-order valence-corrected chi connectivity index (χ1v) is 4.44. The molecule has 4 N–H and O–H groups in total. The summed E-state index contributed by atoms with van der Waals surface area (Å²) in [4.78, 5) is 3.93. The molecular weight excluding hydrogens is 193 g/mol. The third-order valence-electron chi connectivity index (χ3n) is 2.12. The summed E-state index contributed by atoms with van der Waals surface area (Å²) < 4.78 is 13.2. The molecule has 0 bridgehead atoms. The molecule has 0 saturated heterocycles. The van der Waals surface area contributed by atoms with Gasteiger partial charge in [-0.1, -0.05) is 6.07 Å². The van der Waals surface area contributed by atoms with Crippen molar-refractivity contribution in [2.24, 2.45) is 0 Å². The highest BCUT2D eigenvalue weighted by atomic mass is 19.1. The van der Waals surface area contributed by atoms with E-state index in [9.17, 15) is 4.39 Å². The summed E-state index contributed by atoms with van der Waals surface area (Å²) in [6.45, 7) is 0. The normalized spacial score (nSPS) is 10.2. The lowest BCUT2D eigenvalue weighted by Crippen LogP contribution is -1.92. The minimum atomic E-state index is -0.427. The molecule has 1 aromatic carbocycles. The zero-order chi connectivity index (χ0) is 10.8. The van der Waals surface area contributed by atoms with E-state index in [0.29, 0.717) is 5.82 Å². The van der Waals surface area contributed by atoms with Gasteiger partial charge in [0.25, 0.3) is 0 Å². The van der Waals surface area contributed by atoms with Crippen LogP contribution in [0.3, 0.4) is 0 Å². The minimum absolute atomic E-state index is 0.141. The predicted octanol–water partition coefficient (Wildman–Crippen LogP) is 2.05. The Labute approximate surface area is 86.6 Å². The molecule has 4 heteroatoms. The van der Waals surface area contributed by atoms with Gasteiger partial charge in [-0.2, -0.15) is 0 Å². The number of benzene rings is 1. The van der Waals surface area contributed by atoms with Crippen LogP contribution < -0.4 is 11.5 Å². The van der Waals surface area contributed by atoms with E-state index in [2.05, 4.69) is 4.98 Å². The number of nitrogen functional groups attached to an aromatic ring is 2. The van der Waals surface area contributed by atoms with Crippen LogP contribution in [0.15, 0.2) is 36.5 Å². The Morgan fingerprint density at radius 2 is 1.73 bits per heavy atom. The van der Waals surface area contributed by atoms with E-state index >= 15 is 0 Å². The monoisotopic (exact) mass is 203 g/mol. The molecule has 0 aliphatic rings. The first kappa shape index (κ1) is 9.45. The highest BCUT2D eigenvalue weighted by molar-refractivity contribution is 5.65. The van der Waals surface area contributed by atoms with Gasteiger partial charge in [0, 0.05) is 11.8 Å². The topological polar surface area (TPSA) is 64.9 Å². The fourth-order valence-corrected chi connectivity index (χ4v) is 1.28. The number of nitrogens with two attached hydrogens (primary N) is 2. The number of rotatable bonds is 1. The van der Waals surface area contributed by atoms with Gasteiger partial charge < -0.3 is 11.5 Å². The van der Waals surface area contributed by atoms with Crippen molar-refractivity contribution < 1.29 is 4.39 Å². The fraction of sp³-hybridized carbons (Fsp3) is 0. The van der Waals surface area contributed by atoms with Crippen LogP contribution >= 0.6 is 0 Å². The Bertz CT molecular complexity index is 480. The molecule has 0 fully saturated rings. The molecule has 2 aromatic rings. The van der Waals surface area contributed by atoms with Crippen LogP contribution in [-0.4, -0.2) is 4.98 Å². The van der Waals surface area contributed by atoms with Crippen LogP contribution in [-0.2, 0) is 0 Å². The van der Waals surface area contributed by atoms with Crippen molar-refractivity contribution >= 4 is 11.5 Å². The van der Waals surface area contributed by atoms with Crippen molar-refractivity contribution in [2.75, 3.05) is 11.5 Å². The van der Waals surface area contributed by atoms with E-state index in [1.807, 2.05) is 0 Å². The van der Waals surface area contributed by atoms with Gasteiger partial charge >= 0.3 is 0 Å². The molecule has 0 amide bonds. The smallest absolute Gasteiger partial charge is 0.146 e. The second-order valence-corrected chi connectivity index (χ2v) is 3.21. The second-order valence-electron chi connectivity index (χ2n) is 3.21. The minimum Gasteiger partial charge on any atom is -0.396 e. The summed E-state index contributed by atoms with van der Waals surface area (Å²) >= 11 is 0. The lowest BCUT2D eigenvalue weighted by Gasteiger charge is -2.03. The van der Waals surface area contributed by atoms with Gasteiger partial charge in [0.2, 0.25) is 0 Å². The molecule has 0 radical (unpaired) electrons. The highest BCUT2D eigenvalue weighted by Crippen LogP contribution is 2.22. The number of pyridine rings is 1. The molecule has 0 aliphatic carbocycles. The van der Waals surface area contributed by atoms with Crippen LogP contribution in [0.2, 0.25) is 0 Å². The van der Waals surface area contributed by atoms with Crippen molar-refractivity contribution in [3.05, 3.63) is 42.3 Å². The first-order chi connectivity index (χ1) is 7.16. The Morgan fingerprint density at radius 1 is 1.00 bits per heavy atom. The van der Waals surface area contributed by atoms with Crippen molar-refractivity contribution in [1.82, 2.24) is 4.98 Å². The predicted molar refractivity (Wildman–Crippen MR) is 58.5 cm³/mol. The average Bonchev–Trinajstić information content (AvgIpc) is 2.23. The van der Waals surface area contributed by atoms with Crippen molar-refractivity contribution in [1.29, 1.82) is 0 Å². The van der Waals surface area contributed by atoms with Crippen LogP contribution in [0.5, 0.6) is 0 Å². The van der Waals surface area contributed by atoms with Gasteiger partial charge in [-0.15, -0.1) is 0 Å². The Balaban J connectivity index is 2.45. The molecule has 1 aromatic heterocycles. The summed E-state index contributed by atoms with van der Waals surface area (Å²) in [6.07, 6.45) is 1.60. The Kier molecular flexibility index (Phi) is 2.25. The molecular formula is C11H10FN3. The second kappa shape index (κ2) is 3.57. The third-order valence-corrected chi connectivity index (χ3v) is 2.12. The van der Waals surface area contributed by atoms with Crippen LogP contribution in [0.4, 0.5) is 15.9 Å².